The number of hydrogen-bond donors (Lipinski definition) is 2. The predicted molar refractivity (Wildman–Crippen MR) is 177 cm³/mol. The number of anilines is 3. The molecule has 1 saturated heterocycles. The molecule has 2 atom stereocenters. The van der Waals surface area contributed by atoms with Gasteiger partial charge in [-0.15, -0.1) is 0 Å². The molecule has 0 spiro atoms. The van der Waals surface area contributed by atoms with Gasteiger partial charge < -0.3 is 29.6 Å². The Balaban J connectivity index is 1.31. The van der Waals surface area contributed by atoms with Crippen LogP contribution in [0.3, 0.4) is 0 Å². The second-order valence-electron chi connectivity index (χ2n) is 11.2. The number of methoxy groups -OCH3 is 2. The van der Waals surface area contributed by atoms with Crippen LogP contribution in [0.4, 0.5) is 17.1 Å². The molecule has 6 rings (SSSR count). The average Bonchev–Trinajstić information content (AvgIpc) is 3.05. The SMILES string of the molecule is COc1cc(OC)c(NC(=O)c2ccc(N3CC4CC(C3)c3cccc(=O)n3C4)c(NC(=O)C=Cc3ccccc3)c2)cc1Cl. The number of carbonyl (C=O) groups is 2. The van der Waals surface area contributed by atoms with Gasteiger partial charge in [-0.3, -0.25) is 14.4 Å². The Kier molecular flexibility index (Phi) is 8.62. The van der Waals surface area contributed by atoms with Crippen LogP contribution in [0, 0.1) is 5.92 Å². The summed E-state index contributed by atoms with van der Waals surface area (Å²) in [5, 5.41) is 6.20. The van der Waals surface area contributed by atoms with Gasteiger partial charge in [-0.1, -0.05) is 48.0 Å². The van der Waals surface area contributed by atoms with Crippen molar-refractivity contribution >= 4 is 46.6 Å². The minimum atomic E-state index is -0.403. The van der Waals surface area contributed by atoms with Crippen molar-refractivity contribution in [3.05, 3.63) is 117 Å². The van der Waals surface area contributed by atoms with Gasteiger partial charge in [0, 0.05) is 55.0 Å². The molecule has 4 aromatic rings. The summed E-state index contributed by atoms with van der Waals surface area (Å²) in [5.41, 5.74) is 3.98. The quantitative estimate of drug-likeness (QED) is 0.232. The number of hydrogen-bond acceptors (Lipinski definition) is 6. The number of piperidine rings is 1. The van der Waals surface area contributed by atoms with Crippen LogP contribution in [0.15, 0.2) is 89.7 Å². The average molecular weight is 625 g/mol. The van der Waals surface area contributed by atoms with Crippen molar-refractivity contribution < 1.29 is 19.1 Å². The molecule has 2 aliphatic rings. The van der Waals surface area contributed by atoms with Crippen LogP contribution in [-0.2, 0) is 11.3 Å². The van der Waals surface area contributed by atoms with Crippen LogP contribution in [0.2, 0.25) is 5.02 Å². The Hall–Kier alpha value is -5.02. The summed E-state index contributed by atoms with van der Waals surface area (Å²) in [5.74, 6) is 0.523. The summed E-state index contributed by atoms with van der Waals surface area (Å²) in [4.78, 5) is 41.5. The van der Waals surface area contributed by atoms with Crippen molar-refractivity contribution in [1.29, 1.82) is 0 Å². The third-order valence-electron chi connectivity index (χ3n) is 8.29. The maximum Gasteiger partial charge on any atom is 0.255 e. The van der Waals surface area contributed by atoms with Crippen LogP contribution in [0.1, 0.15) is 34.0 Å². The number of pyridine rings is 1. The van der Waals surface area contributed by atoms with E-state index >= 15 is 0 Å². The van der Waals surface area contributed by atoms with Crippen molar-refractivity contribution in [3.8, 4) is 11.5 Å². The second kappa shape index (κ2) is 12.9. The van der Waals surface area contributed by atoms with Gasteiger partial charge in [0.15, 0.2) is 0 Å². The highest BCUT2D eigenvalue weighted by molar-refractivity contribution is 6.32. The molecule has 0 saturated carbocycles. The number of halogens is 1. The van der Waals surface area contributed by atoms with E-state index in [0.29, 0.717) is 53.1 Å². The molecular formula is C35H33ClN4O5. The lowest BCUT2D eigenvalue weighted by Crippen LogP contribution is -2.47. The second-order valence-corrected chi connectivity index (χ2v) is 11.6. The molecule has 45 heavy (non-hydrogen) atoms. The maximum atomic E-state index is 13.5. The van der Waals surface area contributed by atoms with E-state index in [1.54, 1.807) is 36.4 Å². The number of carbonyl (C=O) groups excluding carboxylic acids is 2. The summed E-state index contributed by atoms with van der Waals surface area (Å²) in [6.45, 7) is 2.04. The minimum Gasteiger partial charge on any atom is -0.495 e. The standard InChI is InChI=1S/C35H33ClN4O5/c1-44-31-18-32(45-2)28(17-26(31)36)38-35(43)24-12-13-30(27(16-24)37-33(41)14-11-22-7-4-3-5-8-22)39-19-23-15-25(21-39)29-9-6-10-34(42)40(29)20-23/h3-14,16-18,23,25H,15,19-21H2,1-2H3,(H,37,41)(H,38,43). The Bertz CT molecular complexity index is 1840. The number of fused-ring (bicyclic) bond motifs is 4. The van der Waals surface area contributed by atoms with Crippen LogP contribution < -0.4 is 30.6 Å². The molecule has 2 unspecified atom stereocenters. The lowest BCUT2D eigenvalue weighted by atomic mass is 9.83. The van der Waals surface area contributed by atoms with Gasteiger partial charge in [0.05, 0.1) is 36.3 Å². The van der Waals surface area contributed by atoms with Crippen LogP contribution in [0.5, 0.6) is 11.5 Å². The third-order valence-corrected chi connectivity index (χ3v) is 8.58. The molecule has 1 aromatic heterocycles. The topological polar surface area (TPSA) is 102 Å². The minimum absolute atomic E-state index is 0.0268. The molecule has 3 heterocycles. The van der Waals surface area contributed by atoms with Crippen molar-refractivity contribution in [2.24, 2.45) is 5.92 Å². The van der Waals surface area contributed by atoms with Gasteiger partial charge in [-0.2, -0.15) is 0 Å². The fraction of sp³-hybridized carbons (Fsp3) is 0.229. The lowest BCUT2D eigenvalue weighted by Gasteiger charge is -2.44. The number of rotatable bonds is 8. The van der Waals surface area contributed by atoms with E-state index in [1.165, 1.54) is 20.3 Å². The first-order chi connectivity index (χ1) is 21.8. The highest BCUT2D eigenvalue weighted by atomic mass is 35.5. The van der Waals surface area contributed by atoms with E-state index in [0.717, 1.165) is 23.4 Å². The lowest BCUT2D eigenvalue weighted by molar-refractivity contribution is -0.111. The Labute approximate surface area is 266 Å². The van der Waals surface area contributed by atoms with Gasteiger partial charge in [-0.05, 0) is 54.3 Å². The van der Waals surface area contributed by atoms with E-state index < -0.39 is 5.91 Å². The first-order valence-electron chi connectivity index (χ1n) is 14.7. The smallest absolute Gasteiger partial charge is 0.255 e. The first-order valence-corrected chi connectivity index (χ1v) is 15.1. The number of benzene rings is 3. The van der Waals surface area contributed by atoms with Crippen LogP contribution >= 0.6 is 11.6 Å². The molecule has 3 aromatic carbocycles. The van der Waals surface area contributed by atoms with Gasteiger partial charge in [0.25, 0.3) is 11.5 Å². The highest BCUT2D eigenvalue weighted by Gasteiger charge is 2.35. The zero-order valence-corrected chi connectivity index (χ0v) is 25.7. The molecule has 2 bridgehead atoms. The zero-order valence-electron chi connectivity index (χ0n) is 25.0. The summed E-state index contributed by atoms with van der Waals surface area (Å²) in [6, 6.07) is 23.4. The Morgan fingerprint density at radius 2 is 1.67 bits per heavy atom. The maximum absolute atomic E-state index is 13.5. The fourth-order valence-corrected chi connectivity index (χ4v) is 6.45. The summed E-state index contributed by atoms with van der Waals surface area (Å²) in [7, 11) is 2.99. The fourth-order valence-electron chi connectivity index (χ4n) is 6.21. The Morgan fingerprint density at radius 3 is 2.44 bits per heavy atom. The van der Waals surface area contributed by atoms with E-state index in [2.05, 4.69) is 15.5 Å². The van der Waals surface area contributed by atoms with Crippen molar-refractivity contribution in [1.82, 2.24) is 4.57 Å². The molecule has 2 N–H and O–H groups in total. The largest absolute Gasteiger partial charge is 0.495 e. The molecule has 0 radical (unpaired) electrons. The molecular weight excluding hydrogens is 592 g/mol. The van der Waals surface area contributed by atoms with Crippen molar-refractivity contribution in [2.45, 2.75) is 18.9 Å². The van der Waals surface area contributed by atoms with Gasteiger partial charge in [0.1, 0.15) is 11.5 Å². The van der Waals surface area contributed by atoms with Gasteiger partial charge in [-0.25, -0.2) is 0 Å². The number of amides is 2. The van der Waals surface area contributed by atoms with E-state index in [1.807, 2.05) is 53.1 Å². The molecule has 10 heteroatoms. The van der Waals surface area contributed by atoms with Crippen molar-refractivity contribution in [3.63, 3.8) is 0 Å². The van der Waals surface area contributed by atoms with E-state index in [9.17, 15) is 14.4 Å². The van der Waals surface area contributed by atoms with Gasteiger partial charge >= 0.3 is 0 Å². The summed E-state index contributed by atoms with van der Waals surface area (Å²) in [6.07, 6.45) is 4.21. The summed E-state index contributed by atoms with van der Waals surface area (Å²) < 4.78 is 12.6. The number of aromatic nitrogens is 1. The molecule has 2 aliphatic heterocycles. The Morgan fingerprint density at radius 1 is 0.867 bits per heavy atom. The van der Waals surface area contributed by atoms with Gasteiger partial charge in [0.2, 0.25) is 5.91 Å². The van der Waals surface area contributed by atoms with Crippen molar-refractivity contribution in [2.75, 3.05) is 42.8 Å². The number of nitrogens with one attached hydrogen (secondary N) is 2. The monoisotopic (exact) mass is 624 g/mol. The summed E-state index contributed by atoms with van der Waals surface area (Å²) >= 11 is 6.32. The molecule has 0 aliphatic carbocycles. The number of nitrogens with zero attached hydrogens (tertiary/aromatic N) is 2. The van der Waals surface area contributed by atoms with E-state index in [-0.39, 0.29) is 23.3 Å². The zero-order chi connectivity index (χ0) is 31.5. The predicted octanol–water partition coefficient (Wildman–Crippen LogP) is 6.05. The first kappa shape index (κ1) is 30.0. The highest BCUT2D eigenvalue weighted by Crippen LogP contribution is 2.40. The third kappa shape index (κ3) is 6.44. The number of ether oxygens (including phenoxy) is 2. The van der Waals surface area contributed by atoms with Crippen LogP contribution in [0.25, 0.3) is 6.08 Å². The normalized spacial score (nSPS) is 17.0. The molecule has 1 fully saturated rings. The van der Waals surface area contributed by atoms with E-state index in [4.69, 9.17) is 21.1 Å². The molecule has 9 nitrogen and oxygen atoms in total. The molecule has 2 amide bonds. The molecule has 230 valence electrons. The van der Waals surface area contributed by atoms with Crippen LogP contribution in [-0.4, -0.2) is 43.7 Å².